The van der Waals surface area contributed by atoms with Crippen LogP contribution in [0.2, 0.25) is 0 Å². The first kappa shape index (κ1) is 13.8. The molecule has 2 aliphatic heterocycles. The number of ether oxygens (including phenoxy) is 1. The minimum absolute atomic E-state index is 0.0674. The fourth-order valence-corrected chi connectivity index (χ4v) is 2.71. The lowest BCUT2D eigenvalue weighted by atomic mass is 10.0. The van der Waals surface area contributed by atoms with Crippen molar-refractivity contribution in [2.45, 2.75) is 31.4 Å². The molecule has 2 heterocycles. The molecule has 1 unspecified atom stereocenters. The van der Waals surface area contributed by atoms with E-state index < -0.39 is 0 Å². The van der Waals surface area contributed by atoms with Gasteiger partial charge in [0, 0.05) is 32.2 Å². The predicted octanol–water partition coefficient (Wildman–Crippen LogP) is -0.0825. The van der Waals surface area contributed by atoms with Gasteiger partial charge in [-0.3, -0.25) is 4.79 Å². The van der Waals surface area contributed by atoms with Crippen LogP contribution < -0.4 is 5.32 Å². The first-order chi connectivity index (χ1) is 8.66. The Morgan fingerprint density at radius 2 is 2.11 bits per heavy atom. The third kappa shape index (κ3) is 3.67. The van der Waals surface area contributed by atoms with E-state index in [1.165, 1.54) is 0 Å². The molecule has 0 aromatic carbocycles. The Morgan fingerprint density at radius 1 is 1.39 bits per heavy atom. The van der Waals surface area contributed by atoms with Gasteiger partial charge in [0.05, 0.1) is 19.1 Å². The first-order valence-electron chi connectivity index (χ1n) is 6.93. The number of hydrogen-bond donors (Lipinski definition) is 1. The van der Waals surface area contributed by atoms with E-state index in [2.05, 4.69) is 24.3 Å². The van der Waals surface area contributed by atoms with Crippen molar-refractivity contribution in [3.8, 4) is 0 Å². The van der Waals surface area contributed by atoms with Gasteiger partial charge in [-0.2, -0.15) is 0 Å². The van der Waals surface area contributed by atoms with Crippen molar-refractivity contribution in [1.29, 1.82) is 0 Å². The largest absolute Gasteiger partial charge is 0.375 e. The van der Waals surface area contributed by atoms with E-state index in [4.69, 9.17) is 4.74 Å². The van der Waals surface area contributed by atoms with E-state index in [0.29, 0.717) is 12.5 Å². The van der Waals surface area contributed by atoms with E-state index in [9.17, 15) is 4.79 Å². The molecular weight excluding hydrogens is 230 g/mol. The Kier molecular flexibility index (Phi) is 4.97. The zero-order valence-electron chi connectivity index (χ0n) is 11.5. The van der Waals surface area contributed by atoms with Crippen molar-refractivity contribution >= 4 is 5.91 Å². The van der Waals surface area contributed by atoms with E-state index in [-0.39, 0.29) is 12.0 Å². The molecule has 0 aromatic rings. The van der Waals surface area contributed by atoms with Crippen molar-refractivity contribution in [1.82, 2.24) is 15.1 Å². The Balaban J connectivity index is 1.73. The summed E-state index contributed by atoms with van der Waals surface area (Å²) in [4.78, 5) is 16.4. The Morgan fingerprint density at radius 3 is 2.67 bits per heavy atom. The summed E-state index contributed by atoms with van der Waals surface area (Å²) in [7, 11) is 4.23. The lowest BCUT2D eigenvalue weighted by Crippen LogP contribution is -2.47. The van der Waals surface area contributed by atoms with Gasteiger partial charge in [-0.25, -0.2) is 0 Å². The summed E-state index contributed by atoms with van der Waals surface area (Å²) in [5.41, 5.74) is 0. The van der Waals surface area contributed by atoms with Crippen LogP contribution in [0.15, 0.2) is 0 Å². The van der Waals surface area contributed by atoms with Crippen LogP contribution in [0.3, 0.4) is 0 Å². The van der Waals surface area contributed by atoms with Crippen LogP contribution in [0.4, 0.5) is 0 Å². The number of rotatable bonds is 3. The minimum atomic E-state index is 0.0674. The van der Waals surface area contributed by atoms with Crippen molar-refractivity contribution in [2.75, 3.05) is 46.9 Å². The molecule has 0 bridgehead atoms. The highest BCUT2D eigenvalue weighted by Crippen LogP contribution is 2.16. The van der Waals surface area contributed by atoms with Crippen LogP contribution in [-0.4, -0.2) is 74.7 Å². The highest BCUT2D eigenvalue weighted by molar-refractivity contribution is 5.76. The molecule has 5 heteroatoms. The molecule has 0 aliphatic carbocycles. The molecule has 0 saturated carbocycles. The first-order valence-corrected chi connectivity index (χ1v) is 6.93. The SMILES string of the molecule is CN(C)C1CCN(C(=O)CC2CNCCO2)CC1. The lowest BCUT2D eigenvalue weighted by molar-refractivity contribution is -0.136. The smallest absolute Gasteiger partial charge is 0.225 e. The van der Waals surface area contributed by atoms with Gasteiger partial charge in [0.15, 0.2) is 0 Å². The fraction of sp³-hybridized carbons (Fsp3) is 0.923. The molecule has 2 saturated heterocycles. The number of likely N-dealkylation sites (tertiary alicyclic amines) is 1. The normalized spacial score (nSPS) is 26.6. The Hall–Kier alpha value is -0.650. The van der Waals surface area contributed by atoms with Gasteiger partial charge in [-0.15, -0.1) is 0 Å². The van der Waals surface area contributed by atoms with Gasteiger partial charge in [0.2, 0.25) is 5.91 Å². The average Bonchev–Trinajstić information content (AvgIpc) is 2.40. The van der Waals surface area contributed by atoms with Crippen LogP contribution in [0, 0.1) is 0 Å². The topological polar surface area (TPSA) is 44.8 Å². The molecule has 1 atom stereocenters. The molecule has 0 radical (unpaired) electrons. The number of morpholine rings is 1. The molecule has 104 valence electrons. The molecular formula is C13H25N3O2. The summed E-state index contributed by atoms with van der Waals surface area (Å²) >= 11 is 0. The van der Waals surface area contributed by atoms with Crippen molar-refractivity contribution in [2.24, 2.45) is 0 Å². The zero-order chi connectivity index (χ0) is 13.0. The summed E-state index contributed by atoms with van der Waals surface area (Å²) in [6, 6.07) is 0.627. The Bertz CT molecular complexity index is 269. The molecule has 1 N–H and O–H groups in total. The minimum Gasteiger partial charge on any atom is -0.375 e. The van der Waals surface area contributed by atoms with Gasteiger partial charge >= 0.3 is 0 Å². The second-order valence-corrected chi connectivity index (χ2v) is 5.48. The molecule has 2 fully saturated rings. The average molecular weight is 255 g/mol. The van der Waals surface area contributed by atoms with E-state index >= 15 is 0 Å². The highest BCUT2D eigenvalue weighted by atomic mass is 16.5. The van der Waals surface area contributed by atoms with Crippen LogP contribution >= 0.6 is 0 Å². The number of carbonyl (C=O) groups is 1. The molecule has 2 rings (SSSR count). The number of hydrogen-bond acceptors (Lipinski definition) is 4. The highest BCUT2D eigenvalue weighted by Gasteiger charge is 2.26. The second-order valence-electron chi connectivity index (χ2n) is 5.48. The lowest BCUT2D eigenvalue weighted by Gasteiger charge is -2.36. The van der Waals surface area contributed by atoms with E-state index in [1.807, 2.05) is 4.90 Å². The molecule has 1 amide bonds. The molecule has 0 aromatic heterocycles. The molecule has 2 aliphatic rings. The summed E-state index contributed by atoms with van der Waals surface area (Å²) in [5.74, 6) is 0.251. The number of nitrogens with one attached hydrogen (secondary N) is 1. The maximum absolute atomic E-state index is 12.1. The summed E-state index contributed by atoms with van der Waals surface area (Å²) < 4.78 is 5.58. The van der Waals surface area contributed by atoms with E-state index in [0.717, 1.165) is 45.6 Å². The monoisotopic (exact) mass is 255 g/mol. The van der Waals surface area contributed by atoms with E-state index in [1.54, 1.807) is 0 Å². The van der Waals surface area contributed by atoms with Gasteiger partial charge in [-0.05, 0) is 26.9 Å². The Labute approximate surface area is 109 Å². The van der Waals surface area contributed by atoms with Gasteiger partial charge in [0.1, 0.15) is 0 Å². The maximum atomic E-state index is 12.1. The number of carbonyl (C=O) groups excluding carboxylic acids is 1. The predicted molar refractivity (Wildman–Crippen MR) is 70.5 cm³/mol. The molecule has 5 nitrogen and oxygen atoms in total. The second kappa shape index (κ2) is 6.50. The van der Waals surface area contributed by atoms with Crippen molar-refractivity contribution < 1.29 is 9.53 Å². The summed E-state index contributed by atoms with van der Waals surface area (Å²) in [5, 5.41) is 3.26. The van der Waals surface area contributed by atoms with Gasteiger partial charge in [0.25, 0.3) is 0 Å². The molecule has 18 heavy (non-hydrogen) atoms. The van der Waals surface area contributed by atoms with Crippen LogP contribution in [-0.2, 0) is 9.53 Å². The molecule has 0 spiro atoms. The van der Waals surface area contributed by atoms with Crippen LogP contribution in [0.25, 0.3) is 0 Å². The van der Waals surface area contributed by atoms with Crippen molar-refractivity contribution in [3.63, 3.8) is 0 Å². The number of amides is 1. The van der Waals surface area contributed by atoms with Crippen molar-refractivity contribution in [3.05, 3.63) is 0 Å². The quantitative estimate of drug-likeness (QED) is 0.766. The van der Waals surface area contributed by atoms with Crippen LogP contribution in [0.1, 0.15) is 19.3 Å². The van der Waals surface area contributed by atoms with Crippen LogP contribution in [0.5, 0.6) is 0 Å². The third-order valence-electron chi connectivity index (χ3n) is 3.95. The van der Waals surface area contributed by atoms with Gasteiger partial charge in [-0.1, -0.05) is 0 Å². The summed E-state index contributed by atoms with van der Waals surface area (Å²) in [6.07, 6.45) is 2.77. The number of nitrogens with zero attached hydrogens (tertiary/aromatic N) is 2. The zero-order valence-corrected chi connectivity index (χ0v) is 11.5. The number of piperidine rings is 1. The fourth-order valence-electron chi connectivity index (χ4n) is 2.71. The maximum Gasteiger partial charge on any atom is 0.225 e. The third-order valence-corrected chi connectivity index (χ3v) is 3.95. The van der Waals surface area contributed by atoms with Gasteiger partial charge < -0.3 is 19.9 Å². The standard InChI is InChI=1S/C13H25N3O2/c1-15(2)11-3-6-16(7-4-11)13(17)9-12-10-14-5-8-18-12/h11-12,14H,3-10H2,1-2H3. The summed E-state index contributed by atoms with van der Waals surface area (Å²) in [6.45, 7) is 4.21.